The van der Waals surface area contributed by atoms with Crippen molar-refractivity contribution in [3.63, 3.8) is 0 Å². The van der Waals surface area contributed by atoms with Crippen molar-refractivity contribution in [3.05, 3.63) is 28.7 Å². The molecule has 0 atom stereocenters. The van der Waals surface area contributed by atoms with Crippen LogP contribution >= 0.6 is 0 Å². The molecule has 118 valence electrons. The molecule has 2 rings (SSSR count). The van der Waals surface area contributed by atoms with Crippen molar-refractivity contribution in [2.24, 2.45) is 12.9 Å². The Morgan fingerprint density at radius 1 is 1.23 bits per heavy atom. The highest BCUT2D eigenvalue weighted by Crippen LogP contribution is 2.31. The van der Waals surface area contributed by atoms with Gasteiger partial charge in [-0.2, -0.15) is 9.97 Å². The number of nitrogens with two attached hydrogens (primary N) is 1. The lowest BCUT2D eigenvalue weighted by Crippen LogP contribution is -2.36. The van der Waals surface area contributed by atoms with Gasteiger partial charge in [0.1, 0.15) is 5.82 Å². The quantitative estimate of drug-likeness (QED) is 0.637. The van der Waals surface area contributed by atoms with Crippen LogP contribution in [0.5, 0.6) is 11.5 Å². The minimum Gasteiger partial charge on any atom is -0.493 e. The fourth-order valence-electron chi connectivity index (χ4n) is 1.95. The highest BCUT2D eigenvalue weighted by Gasteiger charge is 2.14. The standard InChI is InChI=1S/C14H19N5O3/c1-5-19(15)13-16-12(18(2)14(20)17-13)9-6-7-10(21-3)11(8-9)22-4/h6-8H,5,15H2,1-4H3. The van der Waals surface area contributed by atoms with E-state index in [4.69, 9.17) is 15.3 Å². The first-order valence-electron chi connectivity index (χ1n) is 6.71. The van der Waals surface area contributed by atoms with Crippen LogP contribution in [0.2, 0.25) is 0 Å². The van der Waals surface area contributed by atoms with Crippen molar-refractivity contribution < 1.29 is 9.47 Å². The van der Waals surface area contributed by atoms with Gasteiger partial charge in [0.2, 0.25) is 5.95 Å². The molecule has 0 aliphatic carbocycles. The molecule has 0 aliphatic heterocycles. The molecule has 0 radical (unpaired) electrons. The summed E-state index contributed by atoms with van der Waals surface area (Å²) in [7, 11) is 4.71. The Morgan fingerprint density at radius 2 is 1.91 bits per heavy atom. The molecule has 2 aromatic rings. The molecule has 0 saturated heterocycles. The van der Waals surface area contributed by atoms with Crippen LogP contribution in [0, 0.1) is 0 Å². The number of aromatic nitrogens is 3. The van der Waals surface area contributed by atoms with Crippen LogP contribution in [-0.2, 0) is 7.05 Å². The Bertz CT molecular complexity index is 729. The van der Waals surface area contributed by atoms with Gasteiger partial charge in [0, 0.05) is 19.2 Å². The molecular formula is C14H19N5O3. The van der Waals surface area contributed by atoms with Gasteiger partial charge in [-0.1, -0.05) is 0 Å². The van der Waals surface area contributed by atoms with Crippen LogP contribution in [0.25, 0.3) is 11.4 Å². The predicted octanol–water partition coefficient (Wildman–Crippen LogP) is 0.559. The molecule has 1 heterocycles. The molecule has 0 bridgehead atoms. The molecule has 1 aromatic heterocycles. The van der Waals surface area contributed by atoms with Gasteiger partial charge in [-0.15, -0.1) is 0 Å². The molecule has 22 heavy (non-hydrogen) atoms. The summed E-state index contributed by atoms with van der Waals surface area (Å²) in [5.41, 5.74) is 0.268. The van der Waals surface area contributed by atoms with E-state index >= 15 is 0 Å². The van der Waals surface area contributed by atoms with E-state index in [0.717, 1.165) is 0 Å². The largest absolute Gasteiger partial charge is 0.493 e. The molecule has 0 unspecified atom stereocenters. The minimum atomic E-state index is -0.432. The summed E-state index contributed by atoms with van der Waals surface area (Å²) in [6, 6.07) is 5.29. The number of anilines is 1. The van der Waals surface area contributed by atoms with Gasteiger partial charge in [-0.25, -0.2) is 10.6 Å². The molecule has 0 amide bonds. The number of ether oxygens (including phenoxy) is 2. The monoisotopic (exact) mass is 305 g/mol. The van der Waals surface area contributed by atoms with Crippen molar-refractivity contribution in [3.8, 4) is 22.9 Å². The average molecular weight is 305 g/mol. The van der Waals surface area contributed by atoms with Gasteiger partial charge >= 0.3 is 5.69 Å². The Labute approximate surface area is 128 Å². The van der Waals surface area contributed by atoms with Gasteiger partial charge in [-0.05, 0) is 25.1 Å². The first-order chi connectivity index (χ1) is 10.5. The summed E-state index contributed by atoms with van der Waals surface area (Å²) >= 11 is 0. The van der Waals surface area contributed by atoms with Crippen LogP contribution < -0.4 is 26.0 Å². The van der Waals surface area contributed by atoms with Crippen LogP contribution in [0.3, 0.4) is 0 Å². The third kappa shape index (κ3) is 2.86. The van der Waals surface area contributed by atoms with Crippen LogP contribution in [-0.4, -0.2) is 35.3 Å². The molecule has 0 fully saturated rings. The molecule has 8 heteroatoms. The van der Waals surface area contributed by atoms with E-state index in [1.165, 1.54) is 9.58 Å². The van der Waals surface area contributed by atoms with Gasteiger partial charge in [0.15, 0.2) is 11.5 Å². The highest BCUT2D eigenvalue weighted by atomic mass is 16.5. The molecule has 1 aromatic carbocycles. The van der Waals surface area contributed by atoms with Crippen molar-refractivity contribution in [1.82, 2.24) is 14.5 Å². The summed E-state index contributed by atoms with van der Waals surface area (Å²) in [4.78, 5) is 20.2. The molecule has 0 saturated carbocycles. The molecule has 8 nitrogen and oxygen atoms in total. The Balaban J connectivity index is 2.61. The number of nitrogens with zero attached hydrogens (tertiary/aromatic N) is 4. The van der Waals surface area contributed by atoms with Crippen molar-refractivity contribution >= 4 is 5.95 Å². The summed E-state index contributed by atoms with van der Waals surface area (Å²) in [6.45, 7) is 2.33. The van der Waals surface area contributed by atoms with Crippen LogP contribution in [0.15, 0.2) is 23.0 Å². The highest BCUT2D eigenvalue weighted by molar-refractivity contribution is 5.62. The second kappa shape index (κ2) is 6.44. The Kier molecular flexibility index (Phi) is 4.62. The molecule has 0 spiro atoms. The van der Waals surface area contributed by atoms with Crippen molar-refractivity contribution in [2.75, 3.05) is 25.8 Å². The summed E-state index contributed by atoms with van der Waals surface area (Å²) in [5, 5.41) is 1.31. The maximum atomic E-state index is 12.0. The van der Waals surface area contributed by atoms with E-state index < -0.39 is 5.69 Å². The Morgan fingerprint density at radius 3 is 2.50 bits per heavy atom. The van der Waals surface area contributed by atoms with Crippen LogP contribution in [0.1, 0.15) is 6.92 Å². The number of hydrogen-bond acceptors (Lipinski definition) is 7. The molecular weight excluding hydrogens is 286 g/mol. The SMILES string of the molecule is CCN(N)c1nc(-c2ccc(OC)c(OC)c2)n(C)c(=O)n1. The smallest absolute Gasteiger partial charge is 0.352 e. The van der Waals surface area contributed by atoms with Crippen molar-refractivity contribution in [2.45, 2.75) is 6.92 Å². The fraction of sp³-hybridized carbons (Fsp3) is 0.357. The zero-order valence-corrected chi connectivity index (χ0v) is 13.0. The predicted molar refractivity (Wildman–Crippen MR) is 83.0 cm³/mol. The van der Waals surface area contributed by atoms with Crippen LogP contribution in [0.4, 0.5) is 5.95 Å². The normalized spacial score (nSPS) is 10.4. The first-order valence-corrected chi connectivity index (χ1v) is 6.71. The van der Waals surface area contributed by atoms with Gasteiger partial charge in [-0.3, -0.25) is 9.58 Å². The van der Waals surface area contributed by atoms with E-state index in [9.17, 15) is 4.79 Å². The maximum Gasteiger partial charge on any atom is 0.352 e. The second-order valence-corrected chi connectivity index (χ2v) is 4.54. The fourth-order valence-corrected chi connectivity index (χ4v) is 1.95. The first kappa shape index (κ1) is 15.8. The number of rotatable bonds is 5. The summed E-state index contributed by atoms with van der Waals surface area (Å²) in [5.74, 6) is 7.54. The third-order valence-electron chi connectivity index (χ3n) is 3.25. The maximum absolute atomic E-state index is 12.0. The van der Waals surface area contributed by atoms with E-state index in [1.54, 1.807) is 39.5 Å². The average Bonchev–Trinajstić information content (AvgIpc) is 2.55. The lowest BCUT2D eigenvalue weighted by atomic mass is 10.2. The van der Waals surface area contributed by atoms with E-state index in [2.05, 4.69) is 9.97 Å². The van der Waals surface area contributed by atoms with E-state index in [0.29, 0.717) is 29.4 Å². The number of hydrazine groups is 1. The topological polar surface area (TPSA) is 95.5 Å². The molecule has 2 N–H and O–H groups in total. The van der Waals surface area contributed by atoms with E-state index in [1.807, 2.05) is 6.92 Å². The summed E-state index contributed by atoms with van der Waals surface area (Å²) in [6.07, 6.45) is 0. The zero-order valence-electron chi connectivity index (χ0n) is 13.0. The van der Waals surface area contributed by atoms with Gasteiger partial charge < -0.3 is 9.47 Å². The number of methoxy groups -OCH3 is 2. The number of benzene rings is 1. The van der Waals surface area contributed by atoms with E-state index in [-0.39, 0.29) is 5.95 Å². The number of hydrogen-bond donors (Lipinski definition) is 1. The lowest BCUT2D eigenvalue weighted by molar-refractivity contribution is 0.355. The van der Waals surface area contributed by atoms with Gasteiger partial charge in [0.05, 0.1) is 14.2 Å². The lowest BCUT2D eigenvalue weighted by Gasteiger charge is -2.16. The molecule has 0 aliphatic rings. The van der Waals surface area contributed by atoms with Gasteiger partial charge in [0.25, 0.3) is 0 Å². The third-order valence-corrected chi connectivity index (χ3v) is 3.25. The van der Waals surface area contributed by atoms with Crippen molar-refractivity contribution in [1.29, 1.82) is 0 Å². The zero-order chi connectivity index (χ0) is 16.3. The summed E-state index contributed by atoms with van der Waals surface area (Å²) < 4.78 is 11.8. The minimum absolute atomic E-state index is 0.176. The Hall–Kier alpha value is -2.61. The second-order valence-electron chi connectivity index (χ2n) is 4.54.